The molecule has 110 valence electrons. The Labute approximate surface area is 120 Å². The predicted molar refractivity (Wildman–Crippen MR) is 73.2 cm³/mol. The first kappa shape index (κ1) is 15.0. The van der Waals surface area contributed by atoms with Crippen LogP contribution in [0.15, 0.2) is 12.1 Å². The number of thiophene rings is 1. The fourth-order valence-corrected chi connectivity index (χ4v) is 2.98. The van der Waals surface area contributed by atoms with Gasteiger partial charge in [0.15, 0.2) is 0 Å². The second-order valence-corrected chi connectivity index (χ2v) is 5.64. The van der Waals surface area contributed by atoms with E-state index in [1.807, 2.05) is 0 Å². The van der Waals surface area contributed by atoms with Crippen LogP contribution < -0.4 is 0 Å². The number of likely N-dealkylation sites (tertiary alicyclic amines) is 1. The Morgan fingerprint density at radius 3 is 2.50 bits per heavy atom. The highest BCUT2D eigenvalue weighted by Gasteiger charge is 2.25. The molecule has 0 aromatic carbocycles. The molecule has 0 aliphatic carbocycles. The summed E-state index contributed by atoms with van der Waals surface area (Å²) in [6, 6.07) is 3.02. The molecule has 0 bridgehead atoms. The van der Waals surface area contributed by atoms with Crippen LogP contribution >= 0.6 is 11.3 Å². The van der Waals surface area contributed by atoms with Gasteiger partial charge in [-0.25, -0.2) is 4.79 Å². The third-order valence-corrected chi connectivity index (χ3v) is 4.26. The molecule has 0 spiro atoms. The van der Waals surface area contributed by atoms with Gasteiger partial charge in [-0.2, -0.15) is 0 Å². The van der Waals surface area contributed by atoms with Crippen molar-refractivity contribution in [1.82, 2.24) is 4.90 Å². The van der Waals surface area contributed by atoms with Crippen molar-refractivity contribution < 1.29 is 24.5 Å². The van der Waals surface area contributed by atoms with Gasteiger partial charge >= 0.3 is 5.97 Å². The molecule has 1 saturated heterocycles. The van der Waals surface area contributed by atoms with E-state index in [9.17, 15) is 9.59 Å². The van der Waals surface area contributed by atoms with Gasteiger partial charge in [0.1, 0.15) is 4.88 Å². The van der Waals surface area contributed by atoms with Crippen molar-refractivity contribution in [2.24, 2.45) is 0 Å². The number of aliphatic hydroxyl groups excluding tert-OH is 1. The summed E-state index contributed by atoms with van der Waals surface area (Å²) in [5.41, 5.74) is 0. The van der Waals surface area contributed by atoms with Crippen molar-refractivity contribution in [3.05, 3.63) is 21.9 Å². The molecule has 20 heavy (non-hydrogen) atoms. The molecule has 1 aliphatic rings. The Kier molecular flexibility index (Phi) is 5.11. The Morgan fingerprint density at radius 2 is 1.95 bits per heavy atom. The van der Waals surface area contributed by atoms with Gasteiger partial charge in [0.25, 0.3) is 5.91 Å². The zero-order valence-corrected chi connectivity index (χ0v) is 11.8. The third-order valence-electron chi connectivity index (χ3n) is 3.20. The molecule has 0 unspecified atom stereocenters. The SMILES string of the molecule is O=C(O)c1ccc(C(=O)N2CCC(OCCO)CC2)s1. The molecule has 1 amide bonds. The van der Waals surface area contributed by atoms with Crippen molar-refractivity contribution in [2.75, 3.05) is 26.3 Å². The number of carbonyl (C=O) groups excluding carboxylic acids is 1. The molecular weight excluding hydrogens is 282 g/mol. The molecule has 0 atom stereocenters. The van der Waals surface area contributed by atoms with Crippen LogP contribution in [-0.2, 0) is 4.74 Å². The molecule has 1 fully saturated rings. The maximum absolute atomic E-state index is 12.2. The van der Waals surface area contributed by atoms with Gasteiger partial charge in [0.05, 0.1) is 24.2 Å². The van der Waals surface area contributed by atoms with E-state index in [-0.39, 0.29) is 23.5 Å². The molecule has 2 heterocycles. The lowest BCUT2D eigenvalue weighted by atomic mass is 10.1. The number of carboxylic acid groups (broad SMARTS) is 1. The van der Waals surface area contributed by atoms with Crippen LogP contribution in [-0.4, -0.2) is 59.4 Å². The second-order valence-electron chi connectivity index (χ2n) is 4.56. The summed E-state index contributed by atoms with van der Waals surface area (Å²) in [4.78, 5) is 25.4. The van der Waals surface area contributed by atoms with E-state index >= 15 is 0 Å². The summed E-state index contributed by atoms with van der Waals surface area (Å²) in [7, 11) is 0. The van der Waals surface area contributed by atoms with Gasteiger partial charge in [-0.3, -0.25) is 4.79 Å². The lowest BCUT2D eigenvalue weighted by Gasteiger charge is -2.31. The highest BCUT2D eigenvalue weighted by atomic mass is 32.1. The van der Waals surface area contributed by atoms with Gasteiger partial charge in [0, 0.05) is 13.1 Å². The Bertz CT molecular complexity index is 479. The second kappa shape index (κ2) is 6.83. The fourth-order valence-electron chi connectivity index (χ4n) is 2.17. The molecule has 1 aromatic heterocycles. The zero-order chi connectivity index (χ0) is 14.5. The maximum atomic E-state index is 12.2. The smallest absolute Gasteiger partial charge is 0.345 e. The van der Waals surface area contributed by atoms with Crippen molar-refractivity contribution in [3.8, 4) is 0 Å². The minimum atomic E-state index is -1.01. The van der Waals surface area contributed by atoms with Crippen LogP contribution in [0.1, 0.15) is 32.2 Å². The van der Waals surface area contributed by atoms with Crippen LogP contribution in [0, 0.1) is 0 Å². The first-order valence-electron chi connectivity index (χ1n) is 6.46. The summed E-state index contributed by atoms with van der Waals surface area (Å²) < 4.78 is 5.44. The van der Waals surface area contributed by atoms with E-state index in [4.69, 9.17) is 14.9 Å². The molecule has 2 N–H and O–H groups in total. The lowest BCUT2D eigenvalue weighted by Crippen LogP contribution is -2.40. The molecule has 0 radical (unpaired) electrons. The minimum Gasteiger partial charge on any atom is -0.477 e. The summed E-state index contributed by atoms with van der Waals surface area (Å²) in [6.07, 6.45) is 1.57. The quantitative estimate of drug-likeness (QED) is 0.849. The average Bonchev–Trinajstić information content (AvgIpc) is 2.95. The number of rotatable bonds is 5. The number of ether oxygens (including phenoxy) is 1. The van der Waals surface area contributed by atoms with E-state index in [2.05, 4.69) is 0 Å². The van der Waals surface area contributed by atoms with Gasteiger partial charge in [-0.05, 0) is 25.0 Å². The lowest BCUT2D eigenvalue weighted by molar-refractivity contribution is -0.00545. The normalized spacial score (nSPS) is 16.4. The van der Waals surface area contributed by atoms with Crippen molar-refractivity contribution in [2.45, 2.75) is 18.9 Å². The standard InChI is InChI=1S/C13H17NO5S/c15-7-8-19-9-3-5-14(6-4-9)12(16)10-1-2-11(20-10)13(17)18/h1-2,9,15H,3-8H2,(H,17,18). The largest absolute Gasteiger partial charge is 0.477 e. The molecule has 1 aromatic rings. The van der Waals surface area contributed by atoms with Crippen molar-refractivity contribution in [1.29, 1.82) is 0 Å². The fraction of sp³-hybridized carbons (Fsp3) is 0.538. The molecule has 6 nitrogen and oxygen atoms in total. The molecular formula is C13H17NO5S. The maximum Gasteiger partial charge on any atom is 0.345 e. The van der Waals surface area contributed by atoms with E-state index in [0.717, 1.165) is 24.2 Å². The highest BCUT2D eigenvalue weighted by molar-refractivity contribution is 7.15. The highest BCUT2D eigenvalue weighted by Crippen LogP contribution is 2.21. The number of aromatic carboxylic acids is 1. The van der Waals surface area contributed by atoms with Gasteiger partial charge < -0.3 is 19.8 Å². The Morgan fingerprint density at radius 1 is 1.30 bits per heavy atom. The minimum absolute atomic E-state index is 0.00626. The number of amides is 1. The summed E-state index contributed by atoms with van der Waals surface area (Å²) in [5.74, 6) is -1.13. The first-order chi connectivity index (χ1) is 9.61. The monoisotopic (exact) mass is 299 g/mol. The van der Waals surface area contributed by atoms with Crippen LogP contribution in [0.4, 0.5) is 0 Å². The number of nitrogens with zero attached hydrogens (tertiary/aromatic N) is 1. The summed E-state index contributed by atoms with van der Waals surface area (Å²) in [6.45, 7) is 1.52. The summed E-state index contributed by atoms with van der Waals surface area (Å²) >= 11 is 1.00. The van der Waals surface area contributed by atoms with Crippen LogP contribution in [0.25, 0.3) is 0 Å². The van der Waals surface area contributed by atoms with E-state index < -0.39 is 5.97 Å². The van der Waals surface area contributed by atoms with Crippen LogP contribution in [0.3, 0.4) is 0 Å². The predicted octanol–water partition coefficient (Wildman–Crippen LogP) is 1.06. The summed E-state index contributed by atoms with van der Waals surface area (Å²) in [5, 5.41) is 17.6. The molecule has 2 rings (SSSR count). The zero-order valence-electron chi connectivity index (χ0n) is 10.9. The number of carboxylic acids is 1. The number of piperidine rings is 1. The van der Waals surface area contributed by atoms with E-state index in [1.54, 1.807) is 11.0 Å². The van der Waals surface area contributed by atoms with Gasteiger partial charge in [0.2, 0.25) is 0 Å². The average molecular weight is 299 g/mol. The van der Waals surface area contributed by atoms with E-state index in [1.165, 1.54) is 6.07 Å². The first-order valence-corrected chi connectivity index (χ1v) is 7.28. The molecule has 7 heteroatoms. The number of aliphatic hydroxyl groups is 1. The third kappa shape index (κ3) is 3.56. The van der Waals surface area contributed by atoms with Crippen LogP contribution in [0.2, 0.25) is 0 Å². The van der Waals surface area contributed by atoms with Gasteiger partial charge in [-0.1, -0.05) is 0 Å². The molecule has 1 aliphatic heterocycles. The number of hydrogen-bond donors (Lipinski definition) is 2. The van der Waals surface area contributed by atoms with Crippen molar-refractivity contribution in [3.63, 3.8) is 0 Å². The number of hydrogen-bond acceptors (Lipinski definition) is 5. The molecule has 0 saturated carbocycles. The topological polar surface area (TPSA) is 87.1 Å². The Balaban J connectivity index is 1.89. The van der Waals surface area contributed by atoms with Crippen molar-refractivity contribution >= 4 is 23.2 Å². The van der Waals surface area contributed by atoms with Gasteiger partial charge in [-0.15, -0.1) is 11.3 Å². The van der Waals surface area contributed by atoms with Crippen LogP contribution in [0.5, 0.6) is 0 Å². The number of carbonyl (C=O) groups is 2. The van der Waals surface area contributed by atoms with E-state index in [0.29, 0.717) is 24.6 Å². The Hall–Kier alpha value is -1.44.